The highest BCUT2D eigenvalue weighted by Crippen LogP contribution is 2.58. The lowest BCUT2D eigenvalue weighted by molar-refractivity contribution is 0.254. The van der Waals surface area contributed by atoms with Crippen LogP contribution in [0.15, 0.2) is 0 Å². The van der Waals surface area contributed by atoms with Gasteiger partial charge in [-0.2, -0.15) is 0 Å². The zero-order valence-corrected chi connectivity index (χ0v) is 22.6. The highest BCUT2D eigenvalue weighted by atomic mass is 79.9. The molecule has 0 amide bonds. The number of halogens is 1. The molecule has 2 heteroatoms. The van der Waals surface area contributed by atoms with Crippen LogP contribution < -0.4 is 0 Å². The Labute approximate surface area is 199 Å². The van der Waals surface area contributed by atoms with Crippen LogP contribution in [0.4, 0.5) is 0 Å². The summed E-state index contributed by atoms with van der Waals surface area (Å²) in [4.78, 5) is 0. The second-order valence-electron chi connectivity index (χ2n) is 10.2. The molecule has 1 nitrogen and oxygen atoms in total. The van der Waals surface area contributed by atoms with Crippen molar-refractivity contribution in [3.63, 3.8) is 0 Å². The average molecular weight is 488 g/mol. The van der Waals surface area contributed by atoms with E-state index in [9.17, 15) is 0 Å². The second-order valence-corrected chi connectivity index (χ2v) is 11.7. The zero-order chi connectivity index (χ0) is 22.0. The molecule has 1 aliphatic heterocycles. The molecule has 0 aromatic heterocycles. The third-order valence-corrected chi connectivity index (χ3v) is 8.16. The Hall–Kier alpha value is 0.440. The lowest BCUT2D eigenvalue weighted by atomic mass is 9.91. The molecule has 1 saturated heterocycles. The zero-order valence-electron chi connectivity index (χ0n) is 21.0. The van der Waals surface area contributed by atoms with Gasteiger partial charge in [0, 0.05) is 0 Å². The van der Waals surface area contributed by atoms with Gasteiger partial charge in [-0.3, -0.25) is 0 Å². The molecule has 1 heterocycles. The first-order valence-electron chi connectivity index (χ1n) is 14.0. The summed E-state index contributed by atoms with van der Waals surface area (Å²) in [5.74, 6) is 0. The van der Waals surface area contributed by atoms with Gasteiger partial charge in [-0.25, -0.2) is 0 Å². The fraction of sp³-hybridized carbons (Fsp3) is 1.00. The molecular weight excluding hydrogens is 432 g/mol. The first-order chi connectivity index (χ1) is 14.6. The summed E-state index contributed by atoms with van der Waals surface area (Å²) >= 11 is 3.84. The first kappa shape index (κ1) is 28.5. The summed E-state index contributed by atoms with van der Waals surface area (Å²) in [6.45, 7) is 6.83. The van der Waals surface area contributed by atoms with E-state index in [2.05, 4.69) is 36.7 Å². The molecule has 2 atom stereocenters. The van der Waals surface area contributed by atoms with E-state index in [0.29, 0.717) is 0 Å². The van der Waals surface area contributed by atoms with Crippen molar-refractivity contribution in [2.75, 3.05) is 0 Å². The summed E-state index contributed by atoms with van der Waals surface area (Å²) in [6, 6.07) is 0. The van der Waals surface area contributed by atoms with Crippen molar-refractivity contribution in [1.82, 2.24) is 0 Å². The van der Waals surface area contributed by atoms with Crippen molar-refractivity contribution in [3.8, 4) is 0 Å². The lowest BCUT2D eigenvalue weighted by Crippen LogP contribution is -2.18. The van der Waals surface area contributed by atoms with E-state index >= 15 is 0 Å². The van der Waals surface area contributed by atoms with Crippen molar-refractivity contribution in [1.29, 1.82) is 0 Å². The number of hydrogen-bond donors (Lipinski definition) is 0. The fourth-order valence-electron chi connectivity index (χ4n) is 4.99. The largest absolute Gasteiger partial charge is 0.351 e. The summed E-state index contributed by atoms with van der Waals surface area (Å²) < 4.78 is 6.14. The Bertz CT molecular complexity index is 381. The Morgan fingerprint density at radius 2 is 0.700 bits per heavy atom. The predicted octanol–water partition coefficient (Wildman–Crippen LogP) is 10.9. The molecule has 0 aromatic carbocycles. The molecule has 0 aliphatic carbocycles. The summed E-state index contributed by atoms with van der Waals surface area (Å²) in [5.41, 5.74) is 0.145. The number of alkyl halides is 1. The van der Waals surface area contributed by atoms with Gasteiger partial charge >= 0.3 is 0 Å². The van der Waals surface area contributed by atoms with Crippen LogP contribution in [0.25, 0.3) is 0 Å². The van der Waals surface area contributed by atoms with Gasteiger partial charge in [0.1, 0.15) is 10.1 Å². The number of ether oxygens (including phenoxy) is 1. The van der Waals surface area contributed by atoms with Gasteiger partial charge in [0.15, 0.2) is 0 Å². The molecule has 0 radical (unpaired) electrons. The van der Waals surface area contributed by atoms with Crippen LogP contribution in [-0.4, -0.2) is 10.1 Å². The number of epoxide rings is 1. The van der Waals surface area contributed by atoms with Crippen LogP contribution in [0.3, 0.4) is 0 Å². The minimum absolute atomic E-state index is 0.0439. The van der Waals surface area contributed by atoms with Crippen molar-refractivity contribution in [2.24, 2.45) is 0 Å². The Morgan fingerprint density at radius 3 is 0.933 bits per heavy atom. The van der Waals surface area contributed by atoms with Crippen LogP contribution in [0.2, 0.25) is 0 Å². The van der Waals surface area contributed by atoms with E-state index < -0.39 is 0 Å². The van der Waals surface area contributed by atoms with Gasteiger partial charge in [0.2, 0.25) is 0 Å². The third kappa shape index (κ3) is 13.1. The molecule has 0 spiro atoms. The molecule has 1 fully saturated rings. The molecular formula is C28H55BrO. The molecule has 2 unspecified atom stereocenters. The molecule has 1 aliphatic rings. The SMILES string of the molecule is CCCCCCCCCCCCCC1(CCCCCCCCCCCC)OC1(C)Br. The van der Waals surface area contributed by atoms with E-state index in [1.165, 1.54) is 148 Å². The Kier molecular flexibility index (Phi) is 17.0. The molecule has 0 bridgehead atoms. The molecule has 0 saturated carbocycles. The smallest absolute Gasteiger partial charge is 0.149 e. The normalized spacial score (nSPS) is 23.2. The van der Waals surface area contributed by atoms with E-state index in [1.807, 2.05) is 0 Å². The summed E-state index contributed by atoms with van der Waals surface area (Å²) in [7, 11) is 0. The third-order valence-electron chi connectivity index (χ3n) is 7.28. The van der Waals surface area contributed by atoms with Gasteiger partial charge in [-0.05, 0) is 19.8 Å². The van der Waals surface area contributed by atoms with Crippen LogP contribution in [0.1, 0.15) is 168 Å². The summed E-state index contributed by atoms with van der Waals surface area (Å²) in [5, 5.41) is 0. The maximum atomic E-state index is 6.18. The molecule has 1 rings (SSSR count). The molecule has 30 heavy (non-hydrogen) atoms. The van der Waals surface area contributed by atoms with Crippen molar-refractivity contribution < 1.29 is 4.74 Å². The highest BCUT2D eigenvalue weighted by molar-refractivity contribution is 9.10. The monoisotopic (exact) mass is 486 g/mol. The van der Waals surface area contributed by atoms with Crippen LogP contribution in [-0.2, 0) is 4.74 Å². The highest BCUT2D eigenvalue weighted by Gasteiger charge is 2.63. The van der Waals surface area contributed by atoms with E-state index in [1.54, 1.807) is 0 Å². The molecule has 0 N–H and O–H groups in total. The minimum atomic E-state index is -0.0439. The second kappa shape index (κ2) is 17.9. The van der Waals surface area contributed by atoms with Gasteiger partial charge in [-0.15, -0.1) is 0 Å². The van der Waals surface area contributed by atoms with E-state index in [-0.39, 0.29) is 10.1 Å². The first-order valence-corrected chi connectivity index (χ1v) is 14.8. The van der Waals surface area contributed by atoms with Crippen molar-refractivity contribution in [3.05, 3.63) is 0 Å². The number of rotatable bonds is 23. The molecule has 0 aromatic rings. The van der Waals surface area contributed by atoms with Gasteiger partial charge in [0.05, 0.1) is 0 Å². The van der Waals surface area contributed by atoms with Gasteiger partial charge in [-0.1, -0.05) is 165 Å². The lowest BCUT2D eigenvalue weighted by Gasteiger charge is -2.14. The van der Waals surface area contributed by atoms with Crippen molar-refractivity contribution >= 4 is 15.9 Å². The van der Waals surface area contributed by atoms with Gasteiger partial charge < -0.3 is 4.74 Å². The quantitative estimate of drug-likeness (QED) is 0.0793. The predicted molar refractivity (Wildman–Crippen MR) is 139 cm³/mol. The standard InChI is InChI=1S/C28H55BrO/c1-4-6-8-10-12-14-16-18-20-22-24-26-28(27(3,29)30-28)25-23-21-19-17-15-13-11-9-7-5-2/h4-26H2,1-3H3. The number of unbranched alkanes of at least 4 members (excludes halogenated alkanes) is 19. The van der Waals surface area contributed by atoms with Gasteiger partial charge in [0.25, 0.3) is 0 Å². The van der Waals surface area contributed by atoms with Crippen molar-refractivity contribution in [2.45, 2.75) is 179 Å². The molecule has 180 valence electrons. The number of hydrogen-bond acceptors (Lipinski definition) is 1. The Balaban J connectivity index is 1.95. The van der Waals surface area contributed by atoms with Crippen LogP contribution in [0, 0.1) is 0 Å². The fourth-order valence-corrected chi connectivity index (χ4v) is 5.69. The Morgan fingerprint density at radius 1 is 0.467 bits per heavy atom. The van der Waals surface area contributed by atoms with Crippen LogP contribution >= 0.6 is 15.9 Å². The average Bonchev–Trinajstić information content (AvgIpc) is 3.27. The van der Waals surface area contributed by atoms with E-state index in [0.717, 1.165) is 0 Å². The maximum absolute atomic E-state index is 6.18. The minimum Gasteiger partial charge on any atom is -0.351 e. The summed E-state index contributed by atoms with van der Waals surface area (Å²) in [6.07, 6.45) is 32.3. The van der Waals surface area contributed by atoms with E-state index in [4.69, 9.17) is 4.74 Å². The topological polar surface area (TPSA) is 12.5 Å². The maximum Gasteiger partial charge on any atom is 0.149 e. The van der Waals surface area contributed by atoms with Crippen LogP contribution in [0.5, 0.6) is 0 Å².